The Labute approximate surface area is 115 Å². The molecule has 17 heavy (non-hydrogen) atoms. The normalized spacial score (nSPS) is 18.2. The van der Waals surface area contributed by atoms with Crippen LogP contribution in [0.15, 0.2) is 0 Å². The summed E-state index contributed by atoms with van der Waals surface area (Å²) >= 11 is 0. The second kappa shape index (κ2) is 11.0. The molecular weight excluding hydrogens is 267 g/mol. The number of nitrogens with zero attached hydrogens (tertiary/aromatic N) is 2. The van der Waals surface area contributed by atoms with Crippen LogP contribution in [0.2, 0.25) is 0 Å². The van der Waals surface area contributed by atoms with Crippen LogP contribution in [0.3, 0.4) is 0 Å². The third-order valence-electron chi connectivity index (χ3n) is 2.94. The predicted molar refractivity (Wildman–Crippen MR) is 73.5 cm³/mol. The summed E-state index contributed by atoms with van der Waals surface area (Å²) in [7, 11) is 2.12. The zero-order chi connectivity index (χ0) is 10.6. The molecule has 1 aliphatic rings. The number of hydrogen-bond acceptors (Lipinski definition) is 3. The number of carbonyl (C=O) groups is 1. The van der Waals surface area contributed by atoms with E-state index in [9.17, 15) is 4.79 Å². The summed E-state index contributed by atoms with van der Waals surface area (Å²) in [5.41, 5.74) is 0. The van der Waals surface area contributed by atoms with Gasteiger partial charge in [-0.25, -0.2) is 0 Å². The van der Waals surface area contributed by atoms with E-state index in [-0.39, 0.29) is 36.7 Å². The van der Waals surface area contributed by atoms with E-state index in [4.69, 9.17) is 5.11 Å². The van der Waals surface area contributed by atoms with Crippen molar-refractivity contribution in [2.24, 2.45) is 0 Å². The molecule has 5 nitrogen and oxygen atoms in total. The summed E-state index contributed by atoms with van der Waals surface area (Å²) in [5.74, 6) is -0.689. The number of carboxylic acid groups (broad SMARTS) is 1. The molecular formula is C10H24Cl2N2O3. The molecule has 1 aliphatic heterocycles. The molecule has 0 aliphatic carbocycles. The third kappa shape index (κ3) is 8.63. The zero-order valence-corrected chi connectivity index (χ0v) is 12.0. The maximum Gasteiger partial charge on any atom is 0.303 e. The molecule has 3 N–H and O–H groups in total. The number of hydrogen-bond donors (Lipinski definition) is 1. The fourth-order valence-electron chi connectivity index (χ4n) is 1.78. The lowest BCUT2D eigenvalue weighted by Gasteiger charge is -2.36. The average Bonchev–Trinajstić information content (AvgIpc) is 2.15. The van der Waals surface area contributed by atoms with E-state index in [0.717, 1.165) is 32.6 Å². The minimum Gasteiger partial charge on any atom is -0.481 e. The summed E-state index contributed by atoms with van der Waals surface area (Å²) in [6, 6.07) is 0.403. The number of likely N-dealkylation sites (N-methyl/N-ethyl adjacent to an activating group) is 1. The van der Waals surface area contributed by atoms with E-state index in [1.165, 1.54) is 0 Å². The van der Waals surface area contributed by atoms with E-state index in [2.05, 4.69) is 23.8 Å². The molecule has 0 amide bonds. The first-order chi connectivity index (χ1) is 6.59. The summed E-state index contributed by atoms with van der Waals surface area (Å²) in [5, 5.41) is 8.58. The topological polar surface area (TPSA) is 75.3 Å². The second-order valence-corrected chi connectivity index (χ2v) is 4.12. The molecule has 1 rings (SSSR count). The molecule has 0 aromatic rings. The lowest BCUT2D eigenvalue weighted by atomic mass is 10.1. The summed E-state index contributed by atoms with van der Waals surface area (Å²) < 4.78 is 0. The molecule has 1 heterocycles. The highest BCUT2D eigenvalue weighted by Gasteiger charge is 2.19. The van der Waals surface area contributed by atoms with E-state index in [0.29, 0.717) is 6.04 Å². The monoisotopic (exact) mass is 290 g/mol. The van der Waals surface area contributed by atoms with Crippen molar-refractivity contribution >= 4 is 30.8 Å². The molecule has 7 heteroatoms. The Morgan fingerprint density at radius 3 is 2.12 bits per heavy atom. The molecule has 0 radical (unpaired) electrons. The van der Waals surface area contributed by atoms with Crippen molar-refractivity contribution in [1.82, 2.24) is 9.80 Å². The average molecular weight is 291 g/mol. The van der Waals surface area contributed by atoms with Crippen LogP contribution < -0.4 is 0 Å². The zero-order valence-electron chi connectivity index (χ0n) is 10.4. The van der Waals surface area contributed by atoms with Crippen molar-refractivity contribution < 1.29 is 15.4 Å². The van der Waals surface area contributed by atoms with Crippen molar-refractivity contribution in [3.8, 4) is 0 Å². The molecule has 0 spiro atoms. The van der Waals surface area contributed by atoms with Crippen LogP contribution in [0.1, 0.15) is 19.8 Å². The molecule has 0 saturated carbocycles. The molecule has 106 valence electrons. The van der Waals surface area contributed by atoms with Crippen molar-refractivity contribution in [3.63, 3.8) is 0 Å². The van der Waals surface area contributed by atoms with Crippen LogP contribution in [0.5, 0.6) is 0 Å². The maximum absolute atomic E-state index is 10.4. The standard InChI is InChI=1S/C10H20N2O2.2ClH.H2O/c1-9(3-4-10(13)14)12-7-5-11(2)6-8-12;;;/h9H,3-8H2,1-2H3,(H,13,14);2*1H;1H2. The molecule has 0 aromatic heterocycles. The number of aliphatic carboxylic acids is 1. The summed E-state index contributed by atoms with van der Waals surface area (Å²) in [6.07, 6.45) is 1.05. The Morgan fingerprint density at radius 1 is 1.24 bits per heavy atom. The smallest absolute Gasteiger partial charge is 0.303 e. The lowest BCUT2D eigenvalue weighted by molar-refractivity contribution is -0.137. The predicted octanol–water partition coefficient (Wildman–Crippen LogP) is 0.506. The number of carboxylic acids is 1. The van der Waals surface area contributed by atoms with Crippen molar-refractivity contribution in [2.45, 2.75) is 25.8 Å². The van der Waals surface area contributed by atoms with Crippen LogP contribution in [-0.4, -0.2) is 65.6 Å². The van der Waals surface area contributed by atoms with E-state index in [1.54, 1.807) is 0 Å². The Hall–Kier alpha value is -0.0700. The molecule has 1 saturated heterocycles. The van der Waals surface area contributed by atoms with Gasteiger partial charge in [-0.15, -0.1) is 24.8 Å². The SMILES string of the molecule is CC(CCC(=O)O)N1CCN(C)CC1.Cl.Cl.O. The van der Waals surface area contributed by atoms with Gasteiger partial charge < -0.3 is 15.5 Å². The molecule has 1 fully saturated rings. The minimum atomic E-state index is -0.689. The van der Waals surface area contributed by atoms with E-state index < -0.39 is 5.97 Å². The Balaban J connectivity index is -0.000000653. The Kier molecular flexibility index (Phi) is 14.4. The molecule has 0 aromatic carbocycles. The summed E-state index contributed by atoms with van der Waals surface area (Å²) in [4.78, 5) is 15.1. The van der Waals surface area contributed by atoms with Crippen LogP contribution in [0, 0.1) is 0 Å². The first kappa shape index (κ1) is 22.1. The van der Waals surface area contributed by atoms with Gasteiger partial charge in [-0.1, -0.05) is 0 Å². The number of halogens is 2. The van der Waals surface area contributed by atoms with Gasteiger partial charge in [-0.05, 0) is 20.4 Å². The van der Waals surface area contributed by atoms with Crippen LogP contribution in [-0.2, 0) is 4.79 Å². The summed E-state index contributed by atoms with van der Waals surface area (Å²) in [6.45, 7) is 6.44. The van der Waals surface area contributed by atoms with Gasteiger partial charge in [-0.3, -0.25) is 9.69 Å². The van der Waals surface area contributed by atoms with Gasteiger partial charge in [0.25, 0.3) is 0 Å². The highest BCUT2D eigenvalue weighted by molar-refractivity contribution is 5.85. The van der Waals surface area contributed by atoms with Gasteiger partial charge in [0.05, 0.1) is 0 Å². The Bertz CT molecular complexity index is 200. The number of piperazine rings is 1. The van der Waals surface area contributed by atoms with Gasteiger partial charge in [-0.2, -0.15) is 0 Å². The number of rotatable bonds is 4. The van der Waals surface area contributed by atoms with E-state index in [1.807, 2.05) is 0 Å². The largest absolute Gasteiger partial charge is 0.481 e. The van der Waals surface area contributed by atoms with Gasteiger partial charge in [0, 0.05) is 38.6 Å². The van der Waals surface area contributed by atoms with Gasteiger partial charge in [0.15, 0.2) is 0 Å². The Morgan fingerprint density at radius 2 is 1.71 bits per heavy atom. The first-order valence-electron chi connectivity index (χ1n) is 5.24. The quantitative estimate of drug-likeness (QED) is 0.818. The van der Waals surface area contributed by atoms with Crippen LogP contribution in [0.4, 0.5) is 0 Å². The van der Waals surface area contributed by atoms with Crippen LogP contribution in [0.25, 0.3) is 0 Å². The van der Waals surface area contributed by atoms with E-state index >= 15 is 0 Å². The highest BCUT2D eigenvalue weighted by Crippen LogP contribution is 2.09. The van der Waals surface area contributed by atoms with Crippen molar-refractivity contribution in [2.75, 3.05) is 33.2 Å². The minimum absolute atomic E-state index is 0. The van der Waals surface area contributed by atoms with Crippen molar-refractivity contribution in [3.05, 3.63) is 0 Å². The third-order valence-corrected chi connectivity index (χ3v) is 2.94. The van der Waals surface area contributed by atoms with Crippen LogP contribution >= 0.6 is 24.8 Å². The lowest BCUT2D eigenvalue weighted by Crippen LogP contribution is -2.48. The first-order valence-corrected chi connectivity index (χ1v) is 5.24. The van der Waals surface area contributed by atoms with Gasteiger partial charge in [0.1, 0.15) is 0 Å². The fraction of sp³-hybridized carbons (Fsp3) is 0.900. The molecule has 1 atom stereocenters. The second-order valence-electron chi connectivity index (χ2n) is 4.12. The van der Waals surface area contributed by atoms with Gasteiger partial charge in [0.2, 0.25) is 0 Å². The van der Waals surface area contributed by atoms with Crippen molar-refractivity contribution in [1.29, 1.82) is 0 Å². The molecule has 0 bridgehead atoms. The fourth-order valence-corrected chi connectivity index (χ4v) is 1.78. The maximum atomic E-state index is 10.4. The van der Waals surface area contributed by atoms with Gasteiger partial charge >= 0.3 is 5.97 Å². The highest BCUT2D eigenvalue weighted by atomic mass is 35.5. The molecule has 1 unspecified atom stereocenters.